The Morgan fingerprint density at radius 2 is 2.21 bits per heavy atom. The van der Waals surface area contributed by atoms with Gasteiger partial charge in [0, 0.05) is 13.7 Å². The van der Waals surface area contributed by atoms with Gasteiger partial charge < -0.3 is 14.7 Å². The van der Waals surface area contributed by atoms with Gasteiger partial charge in [0.1, 0.15) is 0 Å². The topological polar surface area (TPSA) is 49.8 Å². The summed E-state index contributed by atoms with van der Waals surface area (Å²) in [5.74, 6) is -0.767. The number of carboxylic acid groups (broad SMARTS) is 1. The van der Waals surface area contributed by atoms with Gasteiger partial charge in [0.2, 0.25) is 0 Å². The van der Waals surface area contributed by atoms with Crippen molar-refractivity contribution in [2.45, 2.75) is 31.3 Å². The van der Waals surface area contributed by atoms with Crippen LogP contribution in [0.15, 0.2) is 0 Å². The molecular formula is C10H19NO3. The van der Waals surface area contributed by atoms with Gasteiger partial charge in [0.25, 0.3) is 0 Å². The zero-order chi connectivity index (χ0) is 10.6. The molecule has 1 saturated heterocycles. The number of nitrogens with zero attached hydrogens (tertiary/aromatic N) is 1. The second-order valence-electron chi connectivity index (χ2n) is 4.11. The van der Waals surface area contributed by atoms with Crippen LogP contribution in [0.25, 0.3) is 0 Å². The number of hydrogen-bond acceptors (Lipinski definition) is 3. The molecule has 1 fully saturated rings. The molecule has 1 rings (SSSR count). The molecule has 0 aliphatic carbocycles. The Labute approximate surface area is 84.8 Å². The van der Waals surface area contributed by atoms with E-state index in [-0.39, 0.29) is 6.42 Å². The summed E-state index contributed by atoms with van der Waals surface area (Å²) in [6.45, 7) is 1.95. The number of rotatable bonds is 3. The Balaban J connectivity index is 2.62. The fraction of sp³-hybridized carbons (Fsp3) is 0.900. The summed E-state index contributed by atoms with van der Waals surface area (Å²) in [7, 11) is 3.68. The lowest BCUT2D eigenvalue weighted by Crippen LogP contribution is -2.35. The van der Waals surface area contributed by atoms with Crippen LogP contribution >= 0.6 is 0 Å². The van der Waals surface area contributed by atoms with E-state index in [2.05, 4.69) is 11.9 Å². The van der Waals surface area contributed by atoms with Crippen LogP contribution in [0.2, 0.25) is 0 Å². The van der Waals surface area contributed by atoms with Gasteiger partial charge >= 0.3 is 5.97 Å². The van der Waals surface area contributed by atoms with E-state index in [1.165, 1.54) is 0 Å². The zero-order valence-electron chi connectivity index (χ0n) is 8.95. The molecule has 1 aliphatic heterocycles. The van der Waals surface area contributed by atoms with E-state index in [0.717, 1.165) is 32.4 Å². The highest BCUT2D eigenvalue weighted by atomic mass is 16.5. The van der Waals surface area contributed by atoms with Gasteiger partial charge in [-0.3, -0.25) is 4.79 Å². The smallest absolute Gasteiger partial charge is 0.306 e. The van der Waals surface area contributed by atoms with Crippen molar-refractivity contribution in [2.24, 2.45) is 0 Å². The molecule has 1 N–H and O–H groups in total. The first-order valence-corrected chi connectivity index (χ1v) is 5.03. The summed E-state index contributed by atoms with van der Waals surface area (Å²) in [6.07, 6.45) is 2.79. The molecule has 0 aromatic heterocycles. The van der Waals surface area contributed by atoms with Crippen molar-refractivity contribution in [2.75, 3.05) is 27.2 Å². The maximum atomic E-state index is 10.7. The minimum absolute atomic E-state index is 0.122. The van der Waals surface area contributed by atoms with Gasteiger partial charge in [-0.2, -0.15) is 0 Å². The average Bonchev–Trinajstić information content (AvgIpc) is 2.29. The molecule has 4 nitrogen and oxygen atoms in total. The number of methoxy groups -OCH3 is 1. The molecule has 1 aliphatic rings. The highest BCUT2D eigenvalue weighted by molar-refractivity contribution is 5.68. The van der Waals surface area contributed by atoms with Gasteiger partial charge in [-0.25, -0.2) is 0 Å². The number of likely N-dealkylation sites (tertiary alicyclic amines) is 1. The predicted molar refractivity (Wildman–Crippen MR) is 53.3 cm³/mol. The molecule has 1 unspecified atom stereocenters. The molecular weight excluding hydrogens is 182 g/mol. The van der Waals surface area contributed by atoms with Gasteiger partial charge in [-0.05, 0) is 32.9 Å². The molecule has 0 aromatic carbocycles. The quantitative estimate of drug-likeness (QED) is 0.739. The van der Waals surface area contributed by atoms with Crippen LogP contribution in [-0.2, 0) is 9.53 Å². The minimum Gasteiger partial charge on any atom is -0.481 e. The molecule has 14 heavy (non-hydrogen) atoms. The van der Waals surface area contributed by atoms with E-state index in [9.17, 15) is 4.79 Å². The average molecular weight is 201 g/mol. The molecule has 1 heterocycles. The van der Waals surface area contributed by atoms with Crippen molar-refractivity contribution in [1.29, 1.82) is 0 Å². The molecule has 82 valence electrons. The summed E-state index contributed by atoms with van der Waals surface area (Å²) in [5, 5.41) is 8.83. The maximum absolute atomic E-state index is 10.7. The number of aliphatic carboxylic acids is 1. The van der Waals surface area contributed by atoms with E-state index >= 15 is 0 Å². The van der Waals surface area contributed by atoms with Crippen molar-refractivity contribution in [3.05, 3.63) is 0 Å². The van der Waals surface area contributed by atoms with E-state index in [1.54, 1.807) is 7.11 Å². The molecule has 0 saturated carbocycles. The summed E-state index contributed by atoms with van der Waals surface area (Å²) in [5.41, 5.74) is -0.434. The van der Waals surface area contributed by atoms with Crippen molar-refractivity contribution in [3.63, 3.8) is 0 Å². The van der Waals surface area contributed by atoms with Gasteiger partial charge in [0.05, 0.1) is 12.0 Å². The highest BCUT2D eigenvalue weighted by Gasteiger charge is 2.34. The Bertz CT molecular complexity index is 208. The fourth-order valence-electron chi connectivity index (χ4n) is 2.03. The van der Waals surface area contributed by atoms with Crippen LogP contribution in [0.1, 0.15) is 25.7 Å². The second kappa shape index (κ2) is 4.75. The van der Waals surface area contributed by atoms with E-state index in [4.69, 9.17) is 9.84 Å². The van der Waals surface area contributed by atoms with E-state index in [1.807, 2.05) is 0 Å². The SMILES string of the molecule is COC1(CC(=O)O)CCCN(C)CC1. The van der Waals surface area contributed by atoms with Crippen LogP contribution in [0, 0.1) is 0 Å². The van der Waals surface area contributed by atoms with Crippen LogP contribution in [0.4, 0.5) is 0 Å². The van der Waals surface area contributed by atoms with Crippen LogP contribution in [0.5, 0.6) is 0 Å². The summed E-state index contributed by atoms with van der Waals surface area (Å²) >= 11 is 0. The molecule has 4 heteroatoms. The number of carbonyl (C=O) groups is 1. The first-order chi connectivity index (χ1) is 6.58. The van der Waals surface area contributed by atoms with Crippen LogP contribution in [0.3, 0.4) is 0 Å². The van der Waals surface area contributed by atoms with Gasteiger partial charge in [-0.1, -0.05) is 0 Å². The minimum atomic E-state index is -0.767. The summed E-state index contributed by atoms with van der Waals surface area (Å²) in [6, 6.07) is 0. The molecule has 0 bridgehead atoms. The monoisotopic (exact) mass is 201 g/mol. The highest BCUT2D eigenvalue weighted by Crippen LogP contribution is 2.28. The third-order valence-electron chi connectivity index (χ3n) is 3.03. The van der Waals surface area contributed by atoms with E-state index < -0.39 is 11.6 Å². The third-order valence-corrected chi connectivity index (χ3v) is 3.03. The fourth-order valence-corrected chi connectivity index (χ4v) is 2.03. The van der Waals surface area contributed by atoms with Crippen molar-refractivity contribution in [1.82, 2.24) is 4.90 Å². The number of ether oxygens (including phenoxy) is 1. The van der Waals surface area contributed by atoms with Crippen LogP contribution in [-0.4, -0.2) is 48.8 Å². The van der Waals surface area contributed by atoms with Gasteiger partial charge in [0.15, 0.2) is 0 Å². The van der Waals surface area contributed by atoms with Crippen molar-refractivity contribution < 1.29 is 14.6 Å². The lowest BCUT2D eigenvalue weighted by Gasteiger charge is -2.29. The summed E-state index contributed by atoms with van der Waals surface area (Å²) in [4.78, 5) is 13.0. The lowest BCUT2D eigenvalue weighted by molar-refractivity contribution is -0.144. The largest absolute Gasteiger partial charge is 0.481 e. The standard InChI is InChI=1S/C10H19NO3/c1-11-6-3-4-10(14-2,5-7-11)8-9(12)13/h3-8H2,1-2H3,(H,12,13). The van der Waals surface area contributed by atoms with E-state index in [0.29, 0.717) is 0 Å². The Morgan fingerprint density at radius 3 is 2.79 bits per heavy atom. The Kier molecular flexibility index (Phi) is 3.89. The second-order valence-corrected chi connectivity index (χ2v) is 4.11. The summed E-state index contributed by atoms with van der Waals surface area (Å²) < 4.78 is 5.41. The Morgan fingerprint density at radius 1 is 1.50 bits per heavy atom. The normalized spacial score (nSPS) is 29.9. The number of carboxylic acids is 1. The molecule has 0 spiro atoms. The van der Waals surface area contributed by atoms with Crippen molar-refractivity contribution in [3.8, 4) is 0 Å². The predicted octanol–water partition coefficient (Wildman–Crippen LogP) is 0.962. The number of hydrogen-bond donors (Lipinski definition) is 1. The molecule has 1 atom stereocenters. The van der Waals surface area contributed by atoms with Crippen molar-refractivity contribution >= 4 is 5.97 Å². The molecule has 0 amide bonds. The van der Waals surface area contributed by atoms with Crippen LogP contribution < -0.4 is 0 Å². The zero-order valence-corrected chi connectivity index (χ0v) is 8.95. The first kappa shape index (κ1) is 11.5. The third kappa shape index (κ3) is 2.96. The Hall–Kier alpha value is -0.610. The molecule has 0 radical (unpaired) electrons. The lowest BCUT2D eigenvalue weighted by atomic mass is 9.91. The molecule has 0 aromatic rings. The van der Waals surface area contributed by atoms with Gasteiger partial charge in [-0.15, -0.1) is 0 Å². The first-order valence-electron chi connectivity index (χ1n) is 5.03. The maximum Gasteiger partial charge on any atom is 0.306 e.